The summed E-state index contributed by atoms with van der Waals surface area (Å²) in [6.07, 6.45) is 2.35. The number of hydrogen-bond acceptors (Lipinski definition) is 5. The van der Waals surface area contributed by atoms with Gasteiger partial charge in [0, 0.05) is 23.9 Å². The number of carbonyl (C=O) groups is 1. The van der Waals surface area contributed by atoms with E-state index in [2.05, 4.69) is 5.32 Å². The third-order valence-corrected chi connectivity index (χ3v) is 4.62. The van der Waals surface area contributed by atoms with E-state index in [1.54, 1.807) is 24.3 Å². The van der Waals surface area contributed by atoms with Crippen LogP contribution >= 0.6 is 0 Å². The van der Waals surface area contributed by atoms with Gasteiger partial charge in [0.25, 0.3) is 11.6 Å². The predicted molar refractivity (Wildman–Crippen MR) is 100 cm³/mol. The maximum atomic E-state index is 12.4. The molecule has 1 aliphatic rings. The molecule has 2 heterocycles. The number of nitro groups is 1. The Bertz CT molecular complexity index is 998. The molecule has 27 heavy (non-hydrogen) atoms. The highest BCUT2D eigenvalue weighted by Crippen LogP contribution is 2.39. The van der Waals surface area contributed by atoms with Gasteiger partial charge in [-0.25, -0.2) is 0 Å². The number of nitrogens with zero attached hydrogens (tertiary/aromatic N) is 2. The Kier molecular flexibility index (Phi) is 4.33. The second kappa shape index (κ2) is 6.95. The number of carbonyl (C=O) groups excluding carboxylic acids is 1. The molecule has 1 aromatic heterocycles. The number of fused-ring (bicyclic) bond motifs is 1. The minimum atomic E-state index is -0.445. The van der Waals surface area contributed by atoms with E-state index in [-0.39, 0.29) is 23.7 Å². The minimum Gasteiger partial charge on any atom is -0.467 e. The summed E-state index contributed by atoms with van der Waals surface area (Å²) in [7, 11) is 0. The zero-order valence-electron chi connectivity index (χ0n) is 14.4. The lowest BCUT2D eigenvalue weighted by atomic mass is 10.1. The summed E-state index contributed by atoms with van der Waals surface area (Å²) >= 11 is 0. The molecule has 1 N–H and O–H groups in total. The van der Waals surface area contributed by atoms with Crippen LogP contribution in [-0.2, 0) is 13.0 Å². The molecule has 0 saturated carbocycles. The average Bonchev–Trinajstić information content (AvgIpc) is 3.35. The van der Waals surface area contributed by atoms with Gasteiger partial charge in [0.2, 0.25) is 0 Å². The zero-order valence-corrected chi connectivity index (χ0v) is 14.4. The molecule has 0 fully saturated rings. The first kappa shape index (κ1) is 16.8. The summed E-state index contributed by atoms with van der Waals surface area (Å²) < 4.78 is 5.17. The molecule has 0 aliphatic carbocycles. The number of rotatable bonds is 5. The maximum absolute atomic E-state index is 12.4. The van der Waals surface area contributed by atoms with E-state index in [9.17, 15) is 14.9 Å². The molecule has 0 saturated heterocycles. The number of hydrogen-bond donors (Lipinski definition) is 1. The van der Waals surface area contributed by atoms with Gasteiger partial charge in [0.15, 0.2) is 0 Å². The van der Waals surface area contributed by atoms with E-state index in [0.717, 1.165) is 17.7 Å². The van der Waals surface area contributed by atoms with Gasteiger partial charge in [-0.1, -0.05) is 18.2 Å². The van der Waals surface area contributed by atoms with Crippen LogP contribution in [0.3, 0.4) is 0 Å². The highest BCUT2D eigenvalue weighted by molar-refractivity contribution is 5.96. The zero-order chi connectivity index (χ0) is 18.8. The standard InChI is InChI=1S/C20H17N3O4/c24-20(21-13-16-5-3-11-27-16)15-7-8-18(19(12-15)23(25)26)22-10-9-14-4-1-2-6-17(14)22/h1-8,11-12H,9-10,13H2,(H,21,24). The molecule has 136 valence electrons. The van der Waals surface area contributed by atoms with Crippen molar-refractivity contribution < 1.29 is 14.1 Å². The molecular formula is C20H17N3O4. The molecule has 1 amide bonds. The maximum Gasteiger partial charge on any atom is 0.293 e. The smallest absolute Gasteiger partial charge is 0.293 e. The van der Waals surface area contributed by atoms with E-state index in [4.69, 9.17) is 4.42 Å². The third kappa shape index (κ3) is 3.27. The van der Waals surface area contributed by atoms with Crippen molar-refractivity contribution in [3.8, 4) is 0 Å². The van der Waals surface area contributed by atoms with Gasteiger partial charge < -0.3 is 14.6 Å². The Morgan fingerprint density at radius 3 is 2.78 bits per heavy atom. The SMILES string of the molecule is O=C(NCc1ccco1)c1ccc(N2CCc3ccccc32)c([N+](=O)[O-])c1. The van der Waals surface area contributed by atoms with Gasteiger partial charge in [-0.05, 0) is 42.3 Å². The summed E-state index contributed by atoms with van der Waals surface area (Å²) in [4.78, 5) is 25.5. The van der Waals surface area contributed by atoms with Gasteiger partial charge in [-0.3, -0.25) is 14.9 Å². The van der Waals surface area contributed by atoms with Crippen LogP contribution in [0.25, 0.3) is 0 Å². The number of anilines is 2. The molecule has 0 radical (unpaired) electrons. The van der Waals surface area contributed by atoms with Crippen molar-refractivity contribution in [3.05, 3.63) is 87.9 Å². The molecule has 0 bridgehead atoms. The molecule has 2 aromatic carbocycles. The van der Waals surface area contributed by atoms with E-state index in [1.807, 2.05) is 29.2 Å². The number of furan rings is 1. The molecule has 3 aromatic rings. The minimum absolute atomic E-state index is 0.0858. The van der Waals surface area contributed by atoms with Crippen molar-refractivity contribution >= 4 is 23.0 Å². The highest BCUT2D eigenvalue weighted by atomic mass is 16.6. The number of para-hydroxylation sites is 1. The second-order valence-electron chi connectivity index (χ2n) is 6.25. The van der Waals surface area contributed by atoms with Crippen LogP contribution in [0.4, 0.5) is 17.1 Å². The van der Waals surface area contributed by atoms with Gasteiger partial charge in [-0.2, -0.15) is 0 Å². The van der Waals surface area contributed by atoms with Crippen LogP contribution in [0.15, 0.2) is 65.3 Å². The first-order chi connectivity index (χ1) is 13.1. The molecule has 0 atom stereocenters. The first-order valence-electron chi connectivity index (χ1n) is 8.58. The Morgan fingerprint density at radius 2 is 2.00 bits per heavy atom. The lowest BCUT2D eigenvalue weighted by molar-refractivity contribution is -0.384. The summed E-state index contributed by atoms with van der Waals surface area (Å²) in [6, 6.07) is 15.9. The molecule has 7 heteroatoms. The van der Waals surface area contributed by atoms with Crippen LogP contribution in [-0.4, -0.2) is 17.4 Å². The summed E-state index contributed by atoms with van der Waals surface area (Å²) in [6.45, 7) is 0.894. The number of nitrogens with one attached hydrogen (secondary N) is 1. The van der Waals surface area contributed by atoms with Crippen LogP contribution in [0.2, 0.25) is 0 Å². The number of amides is 1. The lowest BCUT2D eigenvalue weighted by Gasteiger charge is -2.19. The van der Waals surface area contributed by atoms with Crippen molar-refractivity contribution in [2.45, 2.75) is 13.0 Å². The van der Waals surface area contributed by atoms with Crippen molar-refractivity contribution in [3.63, 3.8) is 0 Å². The normalized spacial score (nSPS) is 12.7. The van der Waals surface area contributed by atoms with Crippen molar-refractivity contribution in [2.24, 2.45) is 0 Å². The van der Waals surface area contributed by atoms with Gasteiger partial charge in [0.1, 0.15) is 11.4 Å². The van der Waals surface area contributed by atoms with Crippen molar-refractivity contribution in [1.82, 2.24) is 5.32 Å². The molecule has 4 rings (SSSR count). The predicted octanol–water partition coefficient (Wildman–Crippen LogP) is 3.81. The number of nitro benzene ring substituents is 1. The third-order valence-electron chi connectivity index (χ3n) is 4.62. The largest absolute Gasteiger partial charge is 0.467 e. The fourth-order valence-corrected chi connectivity index (χ4v) is 3.31. The van der Waals surface area contributed by atoms with E-state index in [0.29, 0.717) is 18.0 Å². The van der Waals surface area contributed by atoms with Gasteiger partial charge in [-0.15, -0.1) is 0 Å². The van der Waals surface area contributed by atoms with Crippen LogP contribution in [0.1, 0.15) is 21.7 Å². The van der Waals surface area contributed by atoms with E-state index in [1.165, 1.54) is 12.3 Å². The Hall–Kier alpha value is -3.61. The van der Waals surface area contributed by atoms with Crippen molar-refractivity contribution in [2.75, 3.05) is 11.4 Å². The van der Waals surface area contributed by atoms with Crippen LogP contribution in [0, 0.1) is 10.1 Å². The molecule has 0 unspecified atom stereocenters. The van der Waals surface area contributed by atoms with E-state index < -0.39 is 4.92 Å². The van der Waals surface area contributed by atoms with Gasteiger partial charge in [0.05, 0.1) is 17.7 Å². The fourth-order valence-electron chi connectivity index (χ4n) is 3.31. The summed E-state index contributed by atoms with van der Waals surface area (Å²) in [5.41, 5.74) is 2.78. The topological polar surface area (TPSA) is 88.6 Å². The monoisotopic (exact) mass is 363 g/mol. The lowest BCUT2D eigenvalue weighted by Crippen LogP contribution is -2.23. The highest BCUT2D eigenvalue weighted by Gasteiger charge is 2.27. The van der Waals surface area contributed by atoms with Crippen LogP contribution in [0.5, 0.6) is 0 Å². The van der Waals surface area contributed by atoms with Gasteiger partial charge >= 0.3 is 0 Å². The Labute approximate surface area is 155 Å². The molecular weight excluding hydrogens is 346 g/mol. The Balaban J connectivity index is 1.61. The average molecular weight is 363 g/mol. The summed E-state index contributed by atoms with van der Waals surface area (Å²) in [5.74, 6) is 0.228. The first-order valence-corrected chi connectivity index (χ1v) is 8.58. The molecule has 0 spiro atoms. The van der Waals surface area contributed by atoms with E-state index >= 15 is 0 Å². The number of benzene rings is 2. The Morgan fingerprint density at radius 1 is 1.15 bits per heavy atom. The molecule has 1 aliphatic heterocycles. The van der Waals surface area contributed by atoms with Crippen LogP contribution < -0.4 is 10.2 Å². The molecule has 7 nitrogen and oxygen atoms in total. The summed E-state index contributed by atoms with van der Waals surface area (Å²) in [5, 5.41) is 14.3. The second-order valence-corrected chi connectivity index (χ2v) is 6.25. The quantitative estimate of drug-likeness (QED) is 0.550. The fraction of sp³-hybridized carbons (Fsp3) is 0.150. The van der Waals surface area contributed by atoms with Crippen molar-refractivity contribution in [1.29, 1.82) is 0 Å².